The van der Waals surface area contributed by atoms with Gasteiger partial charge in [-0.15, -0.1) is 5.56 Å². The van der Waals surface area contributed by atoms with E-state index < -0.39 is 0 Å². The first-order valence-electron chi connectivity index (χ1n) is 8.16. The van der Waals surface area contributed by atoms with Gasteiger partial charge in [0.15, 0.2) is 0 Å². The van der Waals surface area contributed by atoms with Gasteiger partial charge in [-0.25, -0.2) is 6.07 Å². The van der Waals surface area contributed by atoms with E-state index >= 15 is 0 Å². The van der Waals surface area contributed by atoms with Crippen molar-refractivity contribution in [3.63, 3.8) is 0 Å². The molecule has 0 bridgehead atoms. The molecule has 0 radical (unpaired) electrons. The fourth-order valence-corrected chi connectivity index (χ4v) is 3.07. The molecule has 0 spiro atoms. The minimum absolute atomic E-state index is 0. The predicted molar refractivity (Wildman–Crippen MR) is 94.6 cm³/mol. The van der Waals surface area contributed by atoms with Crippen LogP contribution < -0.4 is 37.2 Å². The summed E-state index contributed by atoms with van der Waals surface area (Å²) in [4.78, 5) is 0. The van der Waals surface area contributed by atoms with Gasteiger partial charge in [-0.3, -0.25) is 0 Å². The van der Waals surface area contributed by atoms with Gasteiger partial charge >= 0.3 is 21.7 Å². The summed E-state index contributed by atoms with van der Waals surface area (Å²) < 4.78 is 0. The van der Waals surface area contributed by atoms with E-state index in [2.05, 4.69) is 92.7 Å². The number of hydrogen-bond donors (Lipinski definition) is 0. The monoisotopic (exact) mass is 440 g/mol. The van der Waals surface area contributed by atoms with Crippen LogP contribution in [0.2, 0.25) is 0 Å². The molecule has 136 valence electrons. The van der Waals surface area contributed by atoms with E-state index in [1.54, 1.807) is 0 Å². The number of benzene rings is 2. The summed E-state index contributed by atoms with van der Waals surface area (Å²) in [5.74, 6) is 0.946. The maximum absolute atomic E-state index is 2.39. The van der Waals surface area contributed by atoms with E-state index in [1.165, 1.54) is 28.7 Å². The summed E-state index contributed by atoms with van der Waals surface area (Å²) in [6, 6.07) is 28.6. The zero-order chi connectivity index (χ0) is 15.4. The number of hydrogen-bond acceptors (Lipinski definition) is 0. The standard InChI is InChI=1S/C22H23.3ClH.Ti/c1-3-17(2)20-14-15-21(16-20)22(18-10-6-4-7-11-18)19-12-8-5-9-13-19;;;;/h4-17,22H,3H2,1-2H3;3*1H;/q-1;;;;+4/p-3. The summed E-state index contributed by atoms with van der Waals surface area (Å²) in [6.07, 6.45) is 1.19. The molecule has 0 nitrogen and oxygen atoms in total. The van der Waals surface area contributed by atoms with Crippen LogP contribution in [0.3, 0.4) is 0 Å². The Labute approximate surface area is 191 Å². The zero-order valence-corrected chi connectivity index (χ0v) is 18.8. The molecule has 3 rings (SSSR count). The molecule has 4 heteroatoms. The van der Waals surface area contributed by atoms with Gasteiger partial charge in [-0.1, -0.05) is 86.8 Å². The molecule has 1 atom stereocenters. The minimum atomic E-state index is 0. The smallest absolute Gasteiger partial charge is 1.00 e. The van der Waals surface area contributed by atoms with Crippen molar-refractivity contribution in [1.82, 2.24) is 0 Å². The Kier molecular flexibility index (Phi) is 14.4. The Morgan fingerprint density at radius 3 is 1.62 bits per heavy atom. The maximum atomic E-state index is 2.39. The summed E-state index contributed by atoms with van der Waals surface area (Å²) in [6.45, 7) is 4.56. The fraction of sp³-hybridized carbons (Fsp3) is 0.227. The van der Waals surface area contributed by atoms with Crippen molar-refractivity contribution < 1.29 is 58.9 Å². The van der Waals surface area contributed by atoms with Crippen molar-refractivity contribution in [2.24, 2.45) is 0 Å². The van der Waals surface area contributed by atoms with Crippen molar-refractivity contribution in [2.75, 3.05) is 0 Å². The summed E-state index contributed by atoms with van der Waals surface area (Å²) in [5.41, 5.74) is 5.56. The van der Waals surface area contributed by atoms with E-state index in [0.717, 1.165) is 0 Å². The van der Waals surface area contributed by atoms with Crippen molar-refractivity contribution >= 4 is 0 Å². The number of rotatable bonds is 5. The van der Waals surface area contributed by atoms with Gasteiger partial charge in [0.25, 0.3) is 0 Å². The van der Waals surface area contributed by atoms with Gasteiger partial charge in [0, 0.05) is 0 Å². The van der Waals surface area contributed by atoms with Crippen molar-refractivity contribution in [1.29, 1.82) is 0 Å². The average molecular weight is 442 g/mol. The quantitative estimate of drug-likeness (QED) is 0.295. The van der Waals surface area contributed by atoms with Crippen molar-refractivity contribution in [3.05, 3.63) is 101 Å². The molecule has 0 aliphatic heterocycles. The Hall–Kier alpha value is -0.626. The zero-order valence-electron chi connectivity index (χ0n) is 15.0. The first-order chi connectivity index (χ1) is 10.8. The summed E-state index contributed by atoms with van der Waals surface area (Å²) >= 11 is 0. The predicted octanol–water partition coefficient (Wildman–Crippen LogP) is -2.89. The Bertz CT molecular complexity index is 671. The van der Waals surface area contributed by atoms with Gasteiger partial charge in [0.1, 0.15) is 0 Å². The second-order valence-electron chi connectivity index (χ2n) is 6.04. The molecule has 0 aromatic heterocycles. The van der Waals surface area contributed by atoms with E-state index in [-0.39, 0.29) is 58.9 Å². The average Bonchev–Trinajstić information content (AvgIpc) is 3.06. The second-order valence-corrected chi connectivity index (χ2v) is 6.04. The molecule has 0 aliphatic carbocycles. The van der Waals surface area contributed by atoms with E-state index in [9.17, 15) is 0 Å². The Balaban J connectivity index is 0. The van der Waals surface area contributed by atoms with E-state index in [1.807, 2.05) is 0 Å². The molecule has 0 saturated heterocycles. The van der Waals surface area contributed by atoms with Gasteiger partial charge in [-0.05, 0) is 17.0 Å². The molecule has 0 fully saturated rings. The van der Waals surface area contributed by atoms with Crippen molar-refractivity contribution in [3.8, 4) is 0 Å². The molecular weight excluding hydrogens is 418 g/mol. The molecule has 0 heterocycles. The van der Waals surface area contributed by atoms with Crippen LogP contribution in [0, 0.1) is 0 Å². The van der Waals surface area contributed by atoms with Crippen molar-refractivity contribution in [2.45, 2.75) is 32.1 Å². The SMILES string of the molecule is CCC(C)c1cc[c-](C(c2ccccc2)c2ccccc2)c1.[Cl-].[Cl-].[Cl-].[Ti+4]. The molecule has 3 aromatic rings. The van der Waals surface area contributed by atoms with E-state index in [4.69, 9.17) is 0 Å². The Morgan fingerprint density at radius 1 is 0.731 bits per heavy atom. The number of halogens is 3. The molecule has 0 aliphatic rings. The fourth-order valence-electron chi connectivity index (χ4n) is 3.07. The van der Waals surface area contributed by atoms with Gasteiger partial charge in [0.05, 0.1) is 0 Å². The second kappa shape index (κ2) is 13.5. The van der Waals surface area contributed by atoms with Gasteiger partial charge < -0.3 is 37.2 Å². The molecule has 0 N–H and O–H groups in total. The van der Waals surface area contributed by atoms with Gasteiger partial charge in [-0.2, -0.15) is 17.7 Å². The van der Waals surface area contributed by atoms with Crippen LogP contribution in [0.25, 0.3) is 0 Å². The molecule has 1 unspecified atom stereocenters. The normalized spacial score (nSPS) is 10.6. The summed E-state index contributed by atoms with van der Waals surface area (Å²) in [7, 11) is 0. The Morgan fingerprint density at radius 2 is 1.19 bits per heavy atom. The van der Waals surface area contributed by atoms with Crippen LogP contribution in [0.5, 0.6) is 0 Å². The van der Waals surface area contributed by atoms with Crippen LogP contribution in [0.15, 0.2) is 78.9 Å². The van der Waals surface area contributed by atoms with Crippen LogP contribution in [0.4, 0.5) is 0 Å². The van der Waals surface area contributed by atoms with Crippen LogP contribution in [-0.2, 0) is 21.7 Å². The molecule has 26 heavy (non-hydrogen) atoms. The maximum Gasteiger partial charge on any atom is 4.00 e. The van der Waals surface area contributed by atoms with Crippen LogP contribution >= 0.6 is 0 Å². The first-order valence-corrected chi connectivity index (χ1v) is 8.16. The van der Waals surface area contributed by atoms with Crippen LogP contribution in [-0.4, -0.2) is 0 Å². The minimum Gasteiger partial charge on any atom is -1.00 e. The summed E-state index contributed by atoms with van der Waals surface area (Å²) in [5, 5.41) is 0. The molecule has 0 amide bonds. The van der Waals surface area contributed by atoms with Crippen LogP contribution in [0.1, 0.15) is 54.4 Å². The molecular formula is C22H23Cl3Ti. The van der Waals surface area contributed by atoms with E-state index in [0.29, 0.717) is 11.8 Å². The first kappa shape index (κ1) is 27.6. The third kappa shape index (κ3) is 6.52. The van der Waals surface area contributed by atoms with Gasteiger partial charge in [0.2, 0.25) is 0 Å². The molecule has 0 saturated carbocycles. The largest absolute Gasteiger partial charge is 4.00 e. The topological polar surface area (TPSA) is 0 Å². The third-order valence-corrected chi connectivity index (χ3v) is 4.58. The third-order valence-electron chi connectivity index (χ3n) is 4.58. The molecule has 3 aromatic carbocycles.